The standard InChI is InChI=1S/C15H19N5/c1-9-11-6-7-19(15(3,4)5)14(11)20-13(17-9)12(8-16)10(2)18-20/h6-7H2,1-5H3. The van der Waals surface area contributed by atoms with Crippen LogP contribution >= 0.6 is 0 Å². The number of nitriles is 1. The smallest absolute Gasteiger partial charge is 0.175 e. The molecule has 1 aliphatic heterocycles. The topological polar surface area (TPSA) is 57.2 Å². The number of hydrogen-bond acceptors (Lipinski definition) is 4. The van der Waals surface area contributed by atoms with Gasteiger partial charge in [0.25, 0.3) is 0 Å². The first-order valence-electron chi connectivity index (χ1n) is 6.91. The minimum absolute atomic E-state index is 0.0264. The fourth-order valence-electron chi connectivity index (χ4n) is 2.97. The summed E-state index contributed by atoms with van der Waals surface area (Å²) in [5.41, 5.74) is 4.29. The lowest BCUT2D eigenvalue weighted by atomic mass is 10.1. The molecule has 0 radical (unpaired) electrons. The Balaban J connectivity index is 2.39. The Bertz CT molecular complexity index is 742. The van der Waals surface area contributed by atoms with E-state index in [-0.39, 0.29) is 5.54 Å². The highest BCUT2D eigenvalue weighted by atomic mass is 15.4. The third kappa shape index (κ3) is 1.61. The molecule has 0 amide bonds. The van der Waals surface area contributed by atoms with Gasteiger partial charge in [-0.05, 0) is 41.0 Å². The van der Waals surface area contributed by atoms with Crippen molar-refractivity contribution in [3.63, 3.8) is 0 Å². The van der Waals surface area contributed by atoms with Crippen LogP contribution in [0.15, 0.2) is 0 Å². The fraction of sp³-hybridized carbons (Fsp3) is 0.533. The van der Waals surface area contributed by atoms with Gasteiger partial charge in [0.05, 0.1) is 5.69 Å². The third-order valence-corrected chi connectivity index (χ3v) is 3.98. The van der Waals surface area contributed by atoms with Gasteiger partial charge in [-0.15, -0.1) is 0 Å². The maximum Gasteiger partial charge on any atom is 0.175 e. The molecule has 2 aromatic rings. The molecule has 0 aromatic carbocycles. The van der Waals surface area contributed by atoms with Crippen molar-refractivity contribution >= 4 is 11.5 Å². The molecule has 0 fully saturated rings. The molecule has 104 valence electrons. The summed E-state index contributed by atoms with van der Waals surface area (Å²) < 4.78 is 1.86. The second-order valence-corrected chi connectivity index (χ2v) is 6.38. The van der Waals surface area contributed by atoms with Gasteiger partial charge in [0, 0.05) is 23.3 Å². The van der Waals surface area contributed by atoms with Crippen molar-refractivity contribution in [2.75, 3.05) is 11.4 Å². The molecular formula is C15H19N5. The van der Waals surface area contributed by atoms with Gasteiger partial charge in [-0.2, -0.15) is 14.9 Å². The number of fused-ring (bicyclic) bond motifs is 3. The normalized spacial score (nSPS) is 14.7. The van der Waals surface area contributed by atoms with Crippen molar-refractivity contribution in [2.45, 2.75) is 46.6 Å². The highest BCUT2D eigenvalue weighted by molar-refractivity contribution is 5.67. The van der Waals surface area contributed by atoms with E-state index in [0.717, 1.165) is 30.2 Å². The largest absolute Gasteiger partial charge is 0.351 e. The van der Waals surface area contributed by atoms with Crippen molar-refractivity contribution in [3.8, 4) is 6.07 Å². The Morgan fingerprint density at radius 1 is 1.20 bits per heavy atom. The SMILES string of the molecule is Cc1nc2c(C#N)c(C)nn2c2c1CCN2C(C)(C)C. The summed E-state index contributed by atoms with van der Waals surface area (Å²) in [4.78, 5) is 6.97. The highest BCUT2D eigenvalue weighted by Gasteiger charge is 2.33. The van der Waals surface area contributed by atoms with Crippen molar-refractivity contribution in [2.24, 2.45) is 0 Å². The van der Waals surface area contributed by atoms with Crippen LogP contribution in [0.4, 0.5) is 5.82 Å². The maximum absolute atomic E-state index is 9.31. The van der Waals surface area contributed by atoms with E-state index in [1.54, 1.807) is 0 Å². The van der Waals surface area contributed by atoms with E-state index in [2.05, 4.69) is 41.8 Å². The van der Waals surface area contributed by atoms with Gasteiger partial charge in [-0.1, -0.05) is 0 Å². The summed E-state index contributed by atoms with van der Waals surface area (Å²) in [7, 11) is 0. The zero-order valence-electron chi connectivity index (χ0n) is 12.7. The van der Waals surface area contributed by atoms with Gasteiger partial charge in [-0.3, -0.25) is 0 Å². The monoisotopic (exact) mass is 269 g/mol. The van der Waals surface area contributed by atoms with Crippen LogP contribution in [0.1, 0.15) is 43.3 Å². The fourth-order valence-corrected chi connectivity index (χ4v) is 2.97. The molecule has 0 unspecified atom stereocenters. The molecule has 3 rings (SSSR count). The van der Waals surface area contributed by atoms with E-state index in [4.69, 9.17) is 0 Å². The maximum atomic E-state index is 9.31. The minimum atomic E-state index is 0.0264. The van der Waals surface area contributed by atoms with E-state index < -0.39 is 0 Å². The van der Waals surface area contributed by atoms with Crippen LogP contribution in [-0.4, -0.2) is 26.7 Å². The zero-order valence-corrected chi connectivity index (χ0v) is 12.7. The van der Waals surface area contributed by atoms with Crippen molar-refractivity contribution < 1.29 is 0 Å². The van der Waals surface area contributed by atoms with E-state index in [0.29, 0.717) is 11.2 Å². The van der Waals surface area contributed by atoms with Crippen molar-refractivity contribution in [1.29, 1.82) is 5.26 Å². The molecule has 0 bridgehead atoms. The van der Waals surface area contributed by atoms with E-state index in [1.165, 1.54) is 5.56 Å². The van der Waals surface area contributed by atoms with Crippen LogP contribution < -0.4 is 4.90 Å². The molecule has 1 aliphatic rings. The van der Waals surface area contributed by atoms with Gasteiger partial charge >= 0.3 is 0 Å². The van der Waals surface area contributed by atoms with Crippen LogP contribution in [0.25, 0.3) is 5.65 Å². The summed E-state index contributed by atoms with van der Waals surface area (Å²) in [6.07, 6.45) is 0.988. The second kappa shape index (κ2) is 3.95. The first kappa shape index (κ1) is 12.9. The predicted octanol–water partition coefficient (Wildman–Crippen LogP) is 2.38. The average Bonchev–Trinajstić information content (AvgIpc) is 2.89. The summed E-state index contributed by atoms with van der Waals surface area (Å²) in [5, 5.41) is 13.9. The van der Waals surface area contributed by atoms with Crippen LogP contribution in [0.5, 0.6) is 0 Å². The Morgan fingerprint density at radius 2 is 1.90 bits per heavy atom. The minimum Gasteiger partial charge on any atom is -0.351 e. The molecule has 0 aliphatic carbocycles. The highest BCUT2D eigenvalue weighted by Crippen LogP contribution is 2.35. The molecule has 3 heterocycles. The molecular weight excluding hydrogens is 250 g/mol. The van der Waals surface area contributed by atoms with Crippen molar-refractivity contribution in [3.05, 3.63) is 22.5 Å². The van der Waals surface area contributed by atoms with E-state index in [1.807, 2.05) is 18.4 Å². The molecule has 5 nitrogen and oxygen atoms in total. The lowest BCUT2D eigenvalue weighted by Gasteiger charge is -2.34. The average molecular weight is 269 g/mol. The number of rotatable bonds is 0. The molecule has 0 spiro atoms. The van der Waals surface area contributed by atoms with Crippen molar-refractivity contribution in [1.82, 2.24) is 14.6 Å². The Hall–Kier alpha value is -2.09. The Kier molecular flexibility index (Phi) is 2.55. The third-order valence-electron chi connectivity index (χ3n) is 3.98. The molecule has 0 N–H and O–H groups in total. The Morgan fingerprint density at radius 3 is 2.50 bits per heavy atom. The first-order valence-corrected chi connectivity index (χ1v) is 6.91. The van der Waals surface area contributed by atoms with Crippen LogP contribution in [0.3, 0.4) is 0 Å². The van der Waals surface area contributed by atoms with Gasteiger partial charge in [-0.25, -0.2) is 4.98 Å². The number of aromatic nitrogens is 3. The molecule has 5 heteroatoms. The zero-order chi connectivity index (χ0) is 14.7. The van der Waals surface area contributed by atoms with Crippen LogP contribution in [0, 0.1) is 25.2 Å². The first-order chi connectivity index (χ1) is 9.34. The summed E-state index contributed by atoms with van der Waals surface area (Å²) in [6, 6.07) is 2.23. The summed E-state index contributed by atoms with van der Waals surface area (Å²) >= 11 is 0. The number of aryl methyl sites for hydroxylation is 2. The van der Waals surface area contributed by atoms with Crippen LogP contribution in [-0.2, 0) is 6.42 Å². The molecule has 0 atom stereocenters. The molecule has 0 saturated carbocycles. The number of hydrogen-bond donors (Lipinski definition) is 0. The quantitative estimate of drug-likeness (QED) is 0.737. The molecule has 20 heavy (non-hydrogen) atoms. The van der Waals surface area contributed by atoms with E-state index >= 15 is 0 Å². The van der Waals surface area contributed by atoms with Crippen LogP contribution in [0.2, 0.25) is 0 Å². The summed E-state index contributed by atoms with van der Waals surface area (Å²) in [5.74, 6) is 1.10. The van der Waals surface area contributed by atoms with Gasteiger partial charge in [0.1, 0.15) is 17.5 Å². The lowest BCUT2D eigenvalue weighted by molar-refractivity contribution is 0.510. The van der Waals surface area contributed by atoms with Gasteiger partial charge in [0.15, 0.2) is 5.65 Å². The second-order valence-electron chi connectivity index (χ2n) is 6.38. The number of anilines is 1. The van der Waals surface area contributed by atoms with Gasteiger partial charge < -0.3 is 4.90 Å². The lowest BCUT2D eigenvalue weighted by Crippen LogP contribution is -2.41. The predicted molar refractivity (Wildman–Crippen MR) is 78.0 cm³/mol. The summed E-state index contributed by atoms with van der Waals surface area (Å²) in [6.45, 7) is 11.5. The van der Waals surface area contributed by atoms with E-state index in [9.17, 15) is 5.26 Å². The molecule has 0 saturated heterocycles. The molecule has 2 aromatic heterocycles. The Labute approximate surface area is 118 Å². The van der Waals surface area contributed by atoms with Gasteiger partial charge in [0.2, 0.25) is 0 Å². The number of nitrogens with zero attached hydrogens (tertiary/aromatic N) is 5.